The number of hydrogen-bond donors (Lipinski definition) is 1. The van der Waals surface area contributed by atoms with E-state index in [1.165, 1.54) is 6.42 Å². The lowest BCUT2D eigenvalue weighted by atomic mass is 9.91. The minimum Gasteiger partial charge on any atom is -0.477 e. The number of hydrogen-bond acceptors (Lipinski definition) is 5. The molecular formula is C13H22O6. The maximum absolute atomic E-state index is 11.0. The minimum atomic E-state index is -1.75. The summed E-state index contributed by atoms with van der Waals surface area (Å²) in [7, 11) is 0. The maximum atomic E-state index is 11.0. The van der Waals surface area contributed by atoms with Crippen LogP contribution in [0.1, 0.15) is 46.5 Å². The van der Waals surface area contributed by atoms with Crippen molar-refractivity contribution in [3.63, 3.8) is 0 Å². The molecule has 0 aromatic heterocycles. The molecular weight excluding hydrogens is 252 g/mol. The molecule has 0 spiro atoms. The second-order valence-electron chi connectivity index (χ2n) is 5.99. The van der Waals surface area contributed by atoms with Crippen molar-refractivity contribution >= 4 is 5.97 Å². The van der Waals surface area contributed by atoms with Crippen molar-refractivity contribution in [2.75, 3.05) is 0 Å². The smallest absolute Gasteiger partial charge is 0.373 e. The maximum Gasteiger partial charge on any atom is 0.373 e. The number of rotatable bonds is 6. The van der Waals surface area contributed by atoms with Crippen LogP contribution in [0.3, 0.4) is 0 Å². The molecule has 0 aliphatic carbocycles. The van der Waals surface area contributed by atoms with Crippen LogP contribution in [0, 0.1) is 11.8 Å². The quantitative estimate of drug-likeness (QED) is 0.749. The van der Waals surface area contributed by atoms with E-state index in [2.05, 4.69) is 25.7 Å². The summed E-state index contributed by atoms with van der Waals surface area (Å²) in [6.07, 6.45) is 2.91. The molecule has 1 N–H and O–H groups in total. The molecule has 19 heavy (non-hydrogen) atoms. The van der Waals surface area contributed by atoms with E-state index in [1.54, 1.807) is 0 Å². The van der Waals surface area contributed by atoms with Gasteiger partial charge in [-0.05, 0) is 18.3 Å². The number of carboxylic acids is 1. The minimum absolute atomic E-state index is 0.136. The predicted molar refractivity (Wildman–Crippen MR) is 64.8 cm³/mol. The molecule has 6 nitrogen and oxygen atoms in total. The van der Waals surface area contributed by atoms with Crippen molar-refractivity contribution in [3.8, 4) is 0 Å². The van der Waals surface area contributed by atoms with Gasteiger partial charge in [-0.1, -0.05) is 33.6 Å². The highest BCUT2D eigenvalue weighted by Crippen LogP contribution is 2.41. The van der Waals surface area contributed by atoms with Gasteiger partial charge in [-0.15, -0.1) is 0 Å². The Bertz CT molecular complexity index is 331. The molecule has 2 fully saturated rings. The second-order valence-corrected chi connectivity index (χ2v) is 5.99. The summed E-state index contributed by atoms with van der Waals surface area (Å²) < 4.78 is 0. The fourth-order valence-electron chi connectivity index (χ4n) is 2.41. The van der Waals surface area contributed by atoms with Gasteiger partial charge in [-0.3, -0.25) is 0 Å². The summed E-state index contributed by atoms with van der Waals surface area (Å²) in [5, 5.41) is 9.02. The third kappa shape index (κ3) is 3.08. The molecule has 0 radical (unpaired) electrons. The zero-order chi connectivity index (χ0) is 14.0. The fourth-order valence-corrected chi connectivity index (χ4v) is 2.41. The lowest BCUT2D eigenvalue weighted by Crippen LogP contribution is -2.67. The highest BCUT2D eigenvalue weighted by atomic mass is 17.4. The van der Waals surface area contributed by atoms with Gasteiger partial charge in [0.2, 0.25) is 0 Å². The van der Waals surface area contributed by atoms with E-state index in [9.17, 15) is 4.79 Å². The van der Waals surface area contributed by atoms with Crippen LogP contribution in [0.4, 0.5) is 0 Å². The summed E-state index contributed by atoms with van der Waals surface area (Å²) in [5.41, 5.74) is 0. The van der Waals surface area contributed by atoms with E-state index in [0.717, 1.165) is 12.8 Å². The van der Waals surface area contributed by atoms with E-state index in [-0.39, 0.29) is 6.10 Å². The summed E-state index contributed by atoms with van der Waals surface area (Å²) >= 11 is 0. The molecule has 4 unspecified atom stereocenters. The van der Waals surface area contributed by atoms with E-state index in [0.29, 0.717) is 18.3 Å². The van der Waals surface area contributed by atoms with Gasteiger partial charge < -0.3 is 5.11 Å². The average Bonchev–Trinajstić information content (AvgIpc) is 2.30. The highest BCUT2D eigenvalue weighted by Gasteiger charge is 2.64. The first-order valence-corrected chi connectivity index (χ1v) is 6.86. The number of fused-ring (bicyclic) bond motifs is 1. The van der Waals surface area contributed by atoms with Crippen molar-refractivity contribution in [1.82, 2.24) is 0 Å². The van der Waals surface area contributed by atoms with Gasteiger partial charge in [-0.2, -0.15) is 9.78 Å². The standard InChI is InChI=1S/C13H22O6/c1-8(2)4-5-9(3)6-10-7-11-13(12(14)15,18-16-10)19-17-11/h8-11H,4-7H2,1-3H3,(H,14,15). The van der Waals surface area contributed by atoms with Crippen LogP contribution in [-0.2, 0) is 24.3 Å². The van der Waals surface area contributed by atoms with E-state index < -0.39 is 17.9 Å². The molecule has 2 aliphatic rings. The van der Waals surface area contributed by atoms with Crippen LogP contribution in [0.5, 0.6) is 0 Å². The Hall–Kier alpha value is -0.690. The molecule has 0 saturated carbocycles. The molecule has 2 aliphatic heterocycles. The molecule has 2 saturated heterocycles. The van der Waals surface area contributed by atoms with Crippen LogP contribution in [0.25, 0.3) is 0 Å². The van der Waals surface area contributed by atoms with Crippen LogP contribution in [0.2, 0.25) is 0 Å². The number of aliphatic carboxylic acids is 1. The number of carbonyl (C=O) groups is 1. The third-order valence-corrected chi connectivity index (χ3v) is 3.70. The molecule has 0 aromatic rings. The SMILES string of the molecule is CC(C)CCC(C)CC1CC2OOC2(C(=O)O)OO1. The Labute approximate surface area is 112 Å². The molecule has 6 heteroatoms. The number of carboxylic acid groups (broad SMARTS) is 1. The van der Waals surface area contributed by atoms with Gasteiger partial charge in [0, 0.05) is 6.42 Å². The summed E-state index contributed by atoms with van der Waals surface area (Å²) in [4.78, 5) is 30.5. The topological polar surface area (TPSA) is 74.2 Å². The summed E-state index contributed by atoms with van der Waals surface area (Å²) in [5.74, 6) is -1.77. The fraction of sp³-hybridized carbons (Fsp3) is 0.923. The van der Waals surface area contributed by atoms with Gasteiger partial charge in [0.15, 0.2) is 6.10 Å². The van der Waals surface area contributed by atoms with Crippen LogP contribution in [0.15, 0.2) is 0 Å². The Morgan fingerprint density at radius 1 is 1.26 bits per heavy atom. The Morgan fingerprint density at radius 3 is 2.42 bits per heavy atom. The Morgan fingerprint density at radius 2 is 1.95 bits per heavy atom. The van der Waals surface area contributed by atoms with Crippen molar-refractivity contribution < 1.29 is 29.5 Å². The van der Waals surface area contributed by atoms with Crippen LogP contribution >= 0.6 is 0 Å². The highest BCUT2D eigenvalue weighted by molar-refractivity contribution is 5.77. The van der Waals surface area contributed by atoms with Gasteiger partial charge in [0.1, 0.15) is 0 Å². The second kappa shape index (κ2) is 5.75. The van der Waals surface area contributed by atoms with Gasteiger partial charge in [0.05, 0.1) is 6.10 Å². The Balaban J connectivity index is 1.78. The van der Waals surface area contributed by atoms with Crippen molar-refractivity contribution in [1.29, 1.82) is 0 Å². The molecule has 0 bridgehead atoms. The summed E-state index contributed by atoms with van der Waals surface area (Å²) in [6.45, 7) is 6.57. The zero-order valence-electron chi connectivity index (χ0n) is 11.6. The Kier molecular flexibility index (Phi) is 4.45. The van der Waals surface area contributed by atoms with Crippen LogP contribution in [-0.4, -0.2) is 29.1 Å². The monoisotopic (exact) mass is 274 g/mol. The van der Waals surface area contributed by atoms with Gasteiger partial charge in [0.25, 0.3) is 0 Å². The first-order chi connectivity index (χ1) is 8.94. The molecule has 110 valence electrons. The molecule has 4 atom stereocenters. The van der Waals surface area contributed by atoms with Crippen molar-refractivity contribution in [3.05, 3.63) is 0 Å². The molecule has 2 heterocycles. The summed E-state index contributed by atoms with van der Waals surface area (Å²) in [6, 6.07) is 0. The lowest BCUT2D eigenvalue weighted by molar-refractivity contribution is -0.632. The van der Waals surface area contributed by atoms with Crippen LogP contribution < -0.4 is 0 Å². The van der Waals surface area contributed by atoms with E-state index in [1.807, 2.05) is 0 Å². The average molecular weight is 274 g/mol. The van der Waals surface area contributed by atoms with Gasteiger partial charge >= 0.3 is 11.8 Å². The molecule has 0 aromatic carbocycles. The van der Waals surface area contributed by atoms with E-state index >= 15 is 0 Å². The zero-order valence-corrected chi connectivity index (χ0v) is 11.6. The van der Waals surface area contributed by atoms with Gasteiger partial charge in [-0.25, -0.2) is 14.6 Å². The largest absolute Gasteiger partial charge is 0.477 e. The third-order valence-electron chi connectivity index (χ3n) is 3.70. The molecule has 2 rings (SSSR count). The lowest BCUT2D eigenvalue weighted by Gasteiger charge is -2.46. The first-order valence-electron chi connectivity index (χ1n) is 6.86. The first kappa shape index (κ1) is 14.7. The van der Waals surface area contributed by atoms with Crippen molar-refractivity contribution in [2.24, 2.45) is 11.8 Å². The van der Waals surface area contributed by atoms with E-state index in [4.69, 9.17) is 19.8 Å². The predicted octanol–water partition coefficient (Wildman–Crippen LogP) is 2.28. The molecule has 0 amide bonds. The van der Waals surface area contributed by atoms with Crippen molar-refractivity contribution in [2.45, 2.75) is 64.4 Å². The normalized spacial score (nSPS) is 35.6.